The highest BCUT2D eigenvalue weighted by Crippen LogP contribution is 2.33. The average Bonchev–Trinajstić information content (AvgIpc) is 3.03. The van der Waals surface area contributed by atoms with Crippen molar-refractivity contribution < 1.29 is 19.9 Å². The van der Waals surface area contributed by atoms with Gasteiger partial charge < -0.3 is 26.4 Å². The molecule has 2 aliphatic heterocycles. The van der Waals surface area contributed by atoms with Crippen LogP contribution < -0.4 is 10.6 Å². The molecule has 0 aromatic rings. The number of nitrogens with zero attached hydrogens (tertiary/aromatic N) is 1. The monoisotopic (exact) mass is 342 g/mol. The van der Waals surface area contributed by atoms with Crippen LogP contribution in [0.2, 0.25) is 0 Å². The molecule has 0 aromatic carbocycles. The quantitative estimate of drug-likeness (QED) is 0.186. The summed E-state index contributed by atoms with van der Waals surface area (Å²) in [4.78, 5) is 22.7. The Hall–Kier alpha value is -1.77. The lowest BCUT2D eigenvalue weighted by atomic mass is 9.92. The number of urea groups is 1. The number of nitrogens with one attached hydrogen (secondary N) is 3. The Balaban J connectivity index is 1.77. The van der Waals surface area contributed by atoms with Crippen LogP contribution in [0.4, 0.5) is 4.79 Å². The number of hydrogen-bond acceptors (Lipinski definition) is 6. The highest BCUT2D eigenvalue weighted by atomic mass is 32.2. The van der Waals surface area contributed by atoms with Crippen LogP contribution in [0, 0.1) is 11.3 Å². The first-order valence-electron chi connectivity index (χ1n) is 7.67. The molecule has 2 fully saturated rings. The first-order valence-corrected chi connectivity index (χ1v) is 8.72. The second-order valence-electron chi connectivity index (χ2n) is 5.81. The molecular weight excluding hydrogens is 320 g/mol. The number of carboxylic acids is 1. The number of rotatable bonds is 9. The van der Waals surface area contributed by atoms with Gasteiger partial charge in [0.05, 0.1) is 18.0 Å². The van der Waals surface area contributed by atoms with Gasteiger partial charge in [-0.05, 0) is 25.7 Å². The van der Waals surface area contributed by atoms with Crippen LogP contribution in [-0.4, -0.2) is 57.3 Å². The summed E-state index contributed by atoms with van der Waals surface area (Å²) in [6.07, 6.45) is 3.84. The molecule has 0 bridgehead atoms. The van der Waals surface area contributed by atoms with E-state index in [0.29, 0.717) is 24.5 Å². The number of amides is 2. The van der Waals surface area contributed by atoms with Crippen molar-refractivity contribution in [3.8, 4) is 0 Å². The van der Waals surface area contributed by atoms with Crippen molar-refractivity contribution in [2.24, 2.45) is 11.1 Å². The zero-order valence-electron chi connectivity index (χ0n) is 12.7. The predicted octanol–water partition coefficient (Wildman–Crippen LogP) is 1.28. The maximum atomic E-state index is 11.3. The van der Waals surface area contributed by atoms with Crippen molar-refractivity contribution in [1.29, 1.82) is 5.41 Å². The lowest BCUT2D eigenvalue weighted by molar-refractivity contribution is -0.139. The molecule has 0 radical (unpaired) electrons. The molecule has 0 aliphatic carbocycles. The molecule has 128 valence electrons. The summed E-state index contributed by atoms with van der Waals surface area (Å²) >= 11 is 1.80. The predicted molar refractivity (Wildman–Crippen MR) is 87.7 cm³/mol. The molecule has 0 aromatic heterocycles. The van der Waals surface area contributed by atoms with Crippen LogP contribution in [0.1, 0.15) is 32.1 Å². The van der Waals surface area contributed by atoms with Gasteiger partial charge in [-0.15, -0.1) is 5.16 Å². The van der Waals surface area contributed by atoms with Gasteiger partial charge in [-0.2, -0.15) is 11.8 Å². The number of carbonyl (C=O) groups is 2. The van der Waals surface area contributed by atoms with Crippen molar-refractivity contribution in [2.75, 3.05) is 5.75 Å². The zero-order chi connectivity index (χ0) is 16.8. The Bertz CT molecular complexity index is 499. The van der Waals surface area contributed by atoms with Crippen LogP contribution >= 0.6 is 11.8 Å². The van der Waals surface area contributed by atoms with Gasteiger partial charge in [0, 0.05) is 22.9 Å². The molecule has 1 unspecified atom stereocenters. The molecule has 0 spiro atoms. The summed E-state index contributed by atoms with van der Waals surface area (Å²) in [6, 6.07) is 0.167. The van der Waals surface area contributed by atoms with E-state index in [2.05, 4.69) is 15.8 Å². The van der Waals surface area contributed by atoms with Gasteiger partial charge in [-0.25, -0.2) is 4.79 Å². The van der Waals surface area contributed by atoms with Crippen molar-refractivity contribution >= 4 is 35.7 Å². The van der Waals surface area contributed by atoms with Crippen molar-refractivity contribution in [1.82, 2.24) is 10.6 Å². The van der Waals surface area contributed by atoms with E-state index in [1.807, 2.05) is 0 Å². The fourth-order valence-corrected chi connectivity index (χ4v) is 4.61. The van der Waals surface area contributed by atoms with E-state index in [1.54, 1.807) is 11.8 Å². The van der Waals surface area contributed by atoms with Crippen LogP contribution in [0.5, 0.6) is 0 Å². The third-order valence-corrected chi connectivity index (χ3v) is 5.77. The minimum Gasteiger partial charge on any atom is -0.481 e. The number of fused-ring (bicyclic) bond motifs is 1. The number of aliphatic carboxylic acids is 1. The number of oxime groups is 1. The SMILES string of the molecule is N=C(CCC=NO)C(CCC[C@@H]1SC[C@@H]2NC(=O)N[C@@H]21)C(=O)O. The van der Waals surface area contributed by atoms with Gasteiger partial charge in [-0.3, -0.25) is 4.79 Å². The highest BCUT2D eigenvalue weighted by Gasteiger charge is 2.42. The van der Waals surface area contributed by atoms with Crippen LogP contribution in [-0.2, 0) is 4.79 Å². The normalized spacial score (nSPS) is 27.5. The summed E-state index contributed by atoms with van der Waals surface area (Å²) in [7, 11) is 0. The van der Waals surface area contributed by atoms with E-state index in [-0.39, 0.29) is 30.2 Å². The van der Waals surface area contributed by atoms with Crippen LogP contribution in [0.3, 0.4) is 0 Å². The smallest absolute Gasteiger partial charge is 0.315 e. The molecule has 9 heteroatoms. The molecule has 2 rings (SSSR count). The van der Waals surface area contributed by atoms with E-state index in [9.17, 15) is 14.7 Å². The molecule has 2 heterocycles. The molecule has 2 amide bonds. The third kappa shape index (κ3) is 4.60. The summed E-state index contributed by atoms with van der Waals surface area (Å²) in [5.41, 5.74) is 0.158. The van der Waals surface area contributed by atoms with Gasteiger partial charge in [0.25, 0.3) is 0 Å². The van der Waals surface area contributed by atoms with Crippen molar-refractivity contribution in [2.45, 2.75) is 49.4 Å². The fraction of sp³-hybridized carbons (Fsp3) is 0.714. The standard InChI is InChI=1S/C14H22N4O4S/c15-9(4-2-6-16-22)8(13(19)20)3-1-5-11-12-10(7-23-11)17-14(21)18-12/h6,8,10-12,15,22H,1-5,7H2,(H,19,20)(H2,17,18,21)/t8?,10-,11-,12-/m0/s1. The highest BCUT2D eigenvalue weighted by molar-refractivity contribution is 8.00. The largest absolute Gasteiger partial charge is 0.481 e. The van der Waals surface area contributed by atoms with Crippen molar-refractivity contribution in [3.05, 3.63) is 0 Å². The maximum Gasteiger partial charge on any atom is 0.315 e. The van der Waals surface area contributed by atoms with E-state index in [4.69, 9.17) is 10.6 Å². The zero-order valence-corrected chi connectivity index (χ0v) is 13.5. The maximum absolute atomic E-state index is 11.3. The first kappa shape index (κ1) is 17.6. The molecule has 2 saturated heterocycles. The van der Waals surface area contributed by atoms with Gasteiger partial charge in [0.1, 0.15) is 0 Å². The molecule has 4 atom stereocenters. The molecular formula is C14H22N4O4S. The lowest BCUT2D eigenvalue weighted by Crippen LogP contribution is -2.37. The Labute approximate surface area is 138 Å². The number of hydrogen-bond donors (Lipinski definition) is 5. The number of thioether (sulfide) groups is 1. The second kappa shape index (κ2) is 8.19. The van der Waals surface area contributed by atoms with Gasteiger partial charge in [0.2, 0.25) is 0 Å². The molecule has 2 aliphatic rings. The Kier molecular flexibility index (Phi) is 6.26. The van der Waals surface area contributed by atoms with Gasteiger partial charge in [-0.1, -0.05) is 6.42 Å². The minimum absolute atomic E-state index is 0.121. The number of carbonyl (C=O) groups excluding carboxylic acids is 1. The number of carboxylic acid groups (broad SMARTS) is 1. The van der Waals surface area contributed by atoms with E-state index in [1.165, 1.54) is 6.21 Å². The lowest BCUT2D eigenvalue weighted by Gasteiger charge is -2.18. The first-order chi connectivity index (χ1) is 11.0. The Morgan fingerprint density at radius 3 is 3.00 bits per heavy atom. The molecule has 5 N–H and O–H groups in total. The Morgan fingerprint density at radius 2 is 2.30 bits per heavy atom. The van der Waals surface area contributed by atoms with E-state index in [0.717, 1.165) is 12.2 Å². The molecule has 0 saturated carbocycles. The second-order valence-corrected chi connectivity index (χ2v) is 7.08. The minimum atomic E-state index is -0.983. The topological polar surface area (TPSA) is 135 Å². The van der Waals surface area contributed by atoms with Gasteiger partial charge >= 0.3 is 12.0 Å². The fourth-order valence-electron chi connectivity index (χ4n) is 3.06. The summed E-state index contributed by atoms with van der Waals surface area (Å²) < 4.78 is 0. The third-order valence-electron chi connectivity index (χ3n) is 4.26. The summed E-state index contributed by atoms with van der Waals surface area (Å²) in [6.45, 7) is 0. The average molecular weight is 342 g/mol. The molecule has 8 nitrogen and oxygen atoms in total. The summed E-state index contributed by atoms with van der Waals surface area (Å²) in [5, 5.41) is 34.4. The van der Waals surface area contributed by atoms with Crippen LogP contribution in [0.15, 0.2) is 5.16 Å². The summed E-state index contributed by atoms with van der Waals surface area (Å²) in [5.74, 6) is -0.892. The Morgan fingerprint density at radius 1 is 1.52 bits per heavy atom. The van der Waals surface area contributed by atoms with Crippen molar-refractivity contribution in [3.63, 3.8) is 0 Å². The van der Waals surface area contributed by atoms with E-state index >= 15 is 0 Å². The van der Waals surface area contributed by atoms with E-state index < -0.39 is 11.9 Å². The van der Waals surface area contributed by atoms with Crippen LogP contribution in [0.25, 0.3) is 0 Å². The van der Waals surface area contributed by atoms with Gasteiger partial charge in [0.15, 0.2) is 0 Å². The molecule has 23 heavy (non-hydrogen) atoms.